The SMILES string of the molecule is Cc1ccnc(C[C@H](C)N(C)Cc2cc3cc(C)cc(C)c3[nH]c2=O)c1. The van der Waals surface area contributed by atoms with Crippen molar-refractivity contribution in [2.24, 2.45) is 0 Å². The second-order valence-electron chi connectivity index (χ2n) is 7.46. The van der Waals surface area contributed by atoms with Crippen LogP contribution in [-0.4, -0.2) is 28.0 Å². The highest BCUT2D eigenvalue weighted by atomic mass is 16.1. The van der Waals surface area contributed by atoms with Gasteiger partial charge in [-0.1, -0.05) is 11.6 Å². The van der Waals surface area contributed by atoms with E-state index >= 15 is 0 Å². The largest absolute Gasteiger partial charge is 0.321 e. The minimum absolute atomic E-state index is 0.00261. The number of H-pyrrole nitrogens is 1. The van der Waals surface area contributed by atoms with Crippen molar-refractivity contribution >= 4 is 10.9 Å². The molecule has 4 nitrogen and oxygen atoms in total. The summed E-state index contributed by atoms with van der Waals surface area (Å²) in [7, 11) is 2.06. The molecule has 2 aromatic heterocycles. The van der Waals surface area contributed by atoms with Gasteiger partial charge in [0.05, 0.1) is 5.52 Å². The van der Waals surface area contributed by atoms with Gasteiger partial charge < -0.3 is 4.98 Å². The lowest BCUT2D eigenvalue weighted by Gasteiger charge is -2.24. The molecule has 0 spiro atoms. The Kier molecular flexibility index (Phi) is 5.23. The molecule has 0 aliphatic rings. The highest BCUT2D eigenvalue weighted by molar-refractivity contribution is 5.82. The Morgan fingerprint density at radius 2 is 1.88 bits per heavy atom. The summed E-state index contributed by atoms with van der Waals surface area (Å²) in [6, 6.07) is 10.7. The third kappa shape index (κ3) is 4.02. The molecule has 4 heteroatoms. The molecule has 0 unspecified atom stereocenters. The standard InChI is InChI=1S/C22H27N3O/c1-14-6-7-23-20(10-14)11-17(4)25(5)13-19-12-18-9-15(2)8-16(3)21(18)24-22(19)26/h6-10,12,17H,11,13H2,1-5H3,(H,24,26)/t17-/m0/s1. The summed E-state index contributed by atoms with van der Waals surface area (Å²) in [5.74, 6) is 0. The van der Waals surface area contributed by atoms with Gasteiger partial charge >= 0.3 is 0 Å². The second kappa shape index (κ2) is 7.42. The van der Waals surface area contributed by atoms with E-state index in [0.29, 0.717) is 12.6 Å². The van der Waals surface area contributed by atoms with Crippen LogP contribution < -0.4 is 5.56 Å². The Balaban J connectivity index is 1.81. The van der Waals surface area contributed by atoms with E-state index < -0.39 is 0 Å². The van der Waals surface area contributed by atoms with Crippen LogP contribution in [0.25, 0.3) is 10.9 Å². The molecule has 0 bridgehead atoms. The molecule has 136 valence electrons. The maximum atomic E-state index is 12.5. The van der Waals surface area contributed by atoms with Gasteiger partial charge in [0.25, 0.3) is 5.56 Å². The van der Waals surface area contributed by atoms with Gasteiger partial charge in [0.1, 0.15) is 0 Å². The Morgan fingerprint density at radius 1 is 1.12 bits per heavy atom. The zero-order chi connectivity index (χ0) is 18.8. The summed E-state index contributed by atoms with van der Waals surface area (Å²) in [5.41, 5.74) is 6.36. The Hall–Kier alpha value is -2.46. The first-order chi connectivity index (χ1) is 12.3. The highest BCUT2D eigenvalue weighted by Crippen LogP contribution is 2.19. The van der Waals surface area contributed by atoms with E-state index in [1.165, 1.54) is 11.1 Å². The lowest BCUT2D eigenvalue weighted by Crippen LogP contribution is -2.32. The molecule has 0 amide bonds. The number of aromatic amines is 1. The van der Waals surface area contributed by atoms with Crippen LogP contribution in [0.2, 0.25) is 0 Å². The number of fused-ring (bicyclic) bond motifs is 1. The smallest absolute Gasteiger partial charge is 0.252 e. The molecule has 26 heavy (non-hydrogen) atoms. The molecule has 1 N–H and O–H groups in total. The summed E-state index contributed by atoms with van der Waals surface area (Å²) in [4.78, 5) is 22.3. The minimum Gasteiger partial charge on any atom is -0.321 e. The Morgan fingerprint density at radius 3 is 2.62 bits per heavy atom. The van der Waals surface area contributed by atoms with Crippen LogP contribution >= 0.6 is 0 Å². The van der Waals surface area contributed by atoms with Crippen LogP contribution in [0.1, 0.15) is 34.9 Å². The number of aryl methyl sites for hydroxylation is 3. The van der Waals surface area contributed by atoms with Crippen LogP contribution in [0.5, 0.6) is 0 Å². The van der Waals surface area contributed by atoms with Crippen molar-refractivity contribution in [2.45, 2.75) is 46.7 Å². The minimum atomic E-state index is -0.00261. The van der Waals surface area contributed by atoms with Crippen LogP contribution in [0.4, 0.5) is 0 Å². The average Bonchev–Trinajstić information content (AvgIpc) is 2.56. The average molecular weight is 349 g/mol. The van der Waals surface area contributed by atoms with Crippen LogP contribution in [0, 0.1) is 20.8 Å². The van der Waals surface area contributed by atoms with Gasteiger partial charge in [0.2, 0.25) is 0 Å². The molecule has 1 aromatic carbocycles. The molecule has 0 saturated heterocycles. The number of benzene rings is 1. The maximum absolute atomic E-state index is 12.5. The molecule has 3 rings (SSSR count). The van der Waals surface area contributed by atoms with Crippen LogP contribution in [0.15, 0.2) is 41.3 Å². The van der Waals surface area contributed by atoms with Gasteiger partial charge in [0.15, 0.2) is 0 Å². The lowest BCUT2D eigenvalue weighted by atomic mass is 10.0. The van der Waals surface area contributed by atoms with Crippen molar-refractivity contribution in [3.63, 3.8) is 0 Å². The monoisotopic (exact) mass is 349 g/mol. The molecule has 0 aliphatic carbocycles. The van der Waals surface area contributed by atoms with Crippen LogP contribution in [-0.2, 0) is 13.0 Å². The zero-order valence-electron chi connectivity index (χ0n) is 16.3. The first kappa shape index (κ1) is 18.3. The molecule has 0 saturated carbocycles. The fraction of sp³-hybridized carbons (Fsp3) is 0.364. The third-order valence-corrected chi connectivity index (χ3v) is 5.02. The number of pyridine rings is 2. The summed E-state index contributed by atoms with van der Waals surface area (Å²) >= 11 is 0. The zero-order valence-corrected chi connectivity index (χ0v) is 16.3. The normalized spacial score (nSPS) is 12.7. The lowest BCUT2D eigenvalue weighted by molar-refractivity contribution is 0.246. The molecule has 0 aliphatic heterocycles. The molecule has 3 aromatic rings. The van der Waals surface area contributed by atoms with Gasteiger partial charge in [-0.3, -0.25) is 14.7 Å². The highest BCUT2D eigenvalue weighted by Gasteiger charge is 2.14. The topological polar surface area (TPSA) is 49.0 Å². The first-order valence-electron chi connectivity index (χ1n) is 9.08. The number of hydrogen-bond donors (Lipinski definition) is 1. The van der Waals surface area contributed by atoms with E-state index in [9.17, 15) is 4.79 Å². The maximum Gasteiger partial charge on any atom is 0.252 e. The predicted molar refractivity (Wildman–Crippen MR) is 108 cm³/mol. The molecular weight excluding hydrogens is 322 g/mol. The fourth-order valence-corrected chi connectivity index (χ4v) is 3.44. The predicted octanol–water partition coefficient (Wildman–Crippen LogP) is 3.91. The van der Waals surface area contributed by atoms with Crippen molar-refractivity contribution in [3.8, 4) is 0 Å². The van der Waals surface area contributed by atoms with E-state index in [-0.39, 0.29) is 5.56 Å². The number of nitrogens with zero attached hydrogens (tertiary/aromatic N) is 2. The Labute approximate surface area is 154 Å². The molecule has 1 atom stereocenters. The summed E-state index contributed by atoms with van der Waals surface area (Å²) in [6.45, 7) is 8.99. The van der Waals surface area contributed by atoms with Gasteiger partial charge in [-0.05, 0) is 75.5 Å². The number of hydrogen-bond acceptors (Lipinski definition) is 3. The number of aromatic nitrogens is 2. The fourth-order valence-electron chi connectivity index (χ4n) is 3.44. The first-order valence-corrected chi connectivity index (χ1v) is 9.08. The third-order valence-electron chi connectivity index (χ3n) is 5.02. The van der Waals surface area contributed by atoms with Crippen molar-refractivity contribution in [1.29, 1.82) is 0 Å². The molecule has 0 radical (unpaired) electrons. The van der Waals surface area contributed by atoms with E-state index in [0.717, 1.165) is 34.1 Å². The molecular formula is C22H27N3O. The van der Waals surface area contributed by atoms with E-state index in [4.69, 9.17) is 0 Å². The van der Waals surface area contributed by atoms with Crippen molar-refractivity contribution in [2.75, 3.05) is 7.05 Å². The van der Waals surface area contributed by atoms with Crippen molar-refractivity contribution in [3.05, 3.63) is 74.8 Å². The van der Waals surface area contributed by atoms with Crippen molar-refractivity contribution < 1.29 is 0 Å². The Bertz CT molecular complexity index is 990. The molecule has 0 fully saturated rings. The second-order valence-corrected chi connectivity index (χ2v) is 7.46. The van der Waals surface area contributed by atoms with Crippen LogP contribution in [0.3, 0.4) is 0 Å². The number of rotatable bonds is 5. The van der Waals surface area contributed by atoms with E-state index in [2.05, 4.69) is 60.9 Å². The van der Waals surface area contributed by atoms with E-state index in [1.54, 1.807) is 0 Å². The summed E-state index contributed by atoms with van der Waals surface area (Å²) < 4.78 is 0. The van der Waals surface area contributed by atoms with Gasteiger partial charge in [-0.15, -0.1) is 0 Å². The van der Waals surface area contributed by atoms with Gasteiger partial charge in [0, 0.05) is 36.5 Å². The summed E-state index contributed by atoms with van der Waals surface area (Å²) in [5, 5.41) is 1.10. The van der Waals surface area contributed by atoms with Crippen molar-refractivity contribution in [1.82, 2.24) is 14.9 Å². The van der Waals surface area contributed by atoms with E-state index in [1.807, 2.05) is 25.3 Å². The quantitative estimate of drug-likeness (QED) is 0.760. The van der Waals surface area contributed by atoms with Gasteiger partial charge in [-0.25, -0.2) is 0 Å². The number of nitrogens with one attached hydrogen (secondary N) is 1. The number of likely N-dealkylation sites (N-methyl/N-ethyl adjacent to an activating group) is 1. The summed E-state index contributed by atoms with van der Waals surface area (Å²) in [6.07, 6.45) is 2.72. The molecule has 2 heterocycles. The van der Waals surface area contributed by atoms with Gasteiger partial charge in [-0.2, -0.15) is 0 Å².